The van der Waals surface area contributed by atoms with Crippen LogP contribution in [0.4, 0.5) is 5.69 Å². The quantitative estimate of drug-likeness (QED) is 0.850. The topological polar surface area (TPSA) is 91.8 Å². The molecule has 2 aromatic rings. The standard InChI is InChI=1S/C18H21NO5S2/c1-13-8-9-14(2)18(10-13)26(23,24)19(15-6-4-3-5-7-15)16-11-25(21,22)12-17(16)20/h3-10,16-17,20H,11-12H2,1-2H3/t16-,17-/m0/s1. The van der Waals surface area contributed by atoms with Crippen LogP contribution in [-0.2, 0) is 19.9 Å². The fraction of sp³-hybridized carbons (Fsp3) is 0.333. The van der Waals surface area contributed by atoms with Crippen molar-refractivity contribution in [2.24, 2.45) is 0 Å². The molecule has 0 aromatic heterocycles. The predicted octanol–water partition coefficient (Wildman–Crippen LogP) is 1.66. The summed E-state index contributed by atoms with van der Waals surface area (Å²) in [6, 6.07) is 12.3. The maximum absolute atomic E-state index is 13.5. The first kappa shape index (κ1) is 18.9. The third-order valence-corrected chi connectivity index (χ3v) is 8.18. The van der Waals surface area contributed by atoms with Crippen LogP contribution in [0.2, 0.25) is 0 Å². The van der Waals surface area contributed by atoms with E-state index in [-0.39, 0.29) is 4.90 Å². The van der Waals surface area contributed by atoms with Crippen molar-refractivity contribution >= 4 is 25.5 Å². The van der Waals surface area contributed by atoms with E-state index in [1.807, 2.05) is 6.07 Å². The third-order valence-electron chi connectivity index (χ3n) is 4.49. The van der Waals surface area contributed by atoms with Gasteiger partial charge in [-0.25, -0.2) is 16.8 Å². The Bertz CT molecular complexity index is 1020. The first-order chi connectivity index (χ1) is 12.1. The monoisotopic (exact) mass is 395 g/mol. The third kappa shape index (κ3) is 3.49. The zero-order valence-corrected chi connectivity index (χ0v) is 16.2. The molecule has 1 aliphatic heterocycles. The van der Waals surface area contributed by atoms with Gasteiger partial charge >= 0.3 is 0 Å². The van der Waals surface area contributed by atoms with Crippen molar-refractivity contribution in [3.05, 3.63) is 59.7 Å². The molecule has 8 heteroatoms. The van der Waals surface area contributed by atoms with E-state index in [4.69, 9.17) is 0 Å². The molecule has 3 rings (SSSR count). The van der Waals surface area contributed by atoms with Crippen LogP contribution in [0.25, 0.3) is 0 Å². The number of rotatable bonds is 4. The van der Waals surface area contributed by atoms with Gasteiger partial charge in [0.1, 0.15) is 0 Å². The lowest BCUT2D eigenvalue weighted by Crippen LogP contribution is -2.47. The van der Waals surface area contributed by atoms with Crippen molar-refractivity contribution in [3.8, 4) is 0 Å². The minimum atomic E-state index is -4.06. The number of sulfone groups is 1. The zero-order valence-electron chi connectivity index (χ0n) is 14.5. The average molecular weight is 396 g/mol. The fourth-order valence-corrected chi connectivity index (χ4v) is 7.07. The number of aliphatic hydroxyl groups is 1. The van der Waals surface area contributed by atoms with Crippen LogP contribution in [0.15, 0.2) is 53.4 Å². The summed E-state index contributed by atoms with van der Waals surface area (Å²) in [4.78, 5) is 0.109. The molecule has 1 N–H and O–H groups in total. The number of aryl methyl sites for hydroxylation is 2. The van der Waals surface area contributed by atoms with E-state index in [0.29, 0.717) is 11.3 Å². The summed E-state index contributed by atoms with van der Waals surface area (Å²) in [7, 11) is -7.58. The molecule has 1 fully saturated rings. The van der Waals surface area contributed by atoms with Gasteiger partial charge in [-0.15, -0.1) is 0 Å². The van der Waals surface area contributed by atoms with Crippen molar-refractivity contribution < 1.29 is 21.9 Å². The number of hydrogen-bond acceptors (Lipinski definition) is 5. The molecule has 1 aliphatic rings. The van der Waals surface area contributed by atoms with Gasteiger partial charge in [-0.2, -0.15) is 0 Å². The van der Waals surface area contributed by atoms with E-state index < -0.39 is 43.5 Å². The molecular formula is C18H21NO5S2. The molecule has 0 amide bonds. The molecule has 0 unspecified atom stereocenters. The van der Waals surface area contributed by atoms with Gasteiger partial charge in [-0.1, -0.05) is 30.3 Å². The lowest BCUT2D eigenvalue weighted by molar-refractivity contribution is 0.184. The number of sulfonamides is 1. The predicted molar refractivity (Wildman–Crippen MR) is 100 cm³/mol. The molecule has 6 nitrogen and oxygen atoms in total. The average Bonchev–Trinajstić information content (AvgIpc) is 2.83. The highest BCUT2D eigenvalue weighted by atomic mass is 32.2. The number of hydrogen-bond donors (Lipinski definition) is 1. The Morgan fingerprint density at radius 2 is 1.69 bits per heavy atom. The van der Waals surface area contributed by atoms with E-state index in [1.54, 1.807) is 56.3 Å². The van der Waals surface area contributed by atoms with Crippen LogP contribution < -0.4 is 4.31 Å². The number of benzene rings is 2. The second kappa shape index (κ2) is 6.68. The smallest absolute Gasteiger partial charge is 0.264 e. The molecule has 0 spiro atoms. The molecule has 0 saturated carbocycles. The number of nitrogens with zero attached hydrogens (tertiary/aromatic N) is 1. The molecule has 140 valence electrons. The Kier molecular flexibility index (Phi) is 4.85. The zero-order chi connectivity index (χ0) is 19.1. The summed E-state index contributed by atoms with van der Waals surface area (Å²) in [5, 5.41) is 10.3. The largest absolute Gasteiger partial charge is 0.390 e. The van der Waals surface area contributed by atoms with Crippen LogP contribution >= 0.6 is 0 Å². The highest BCUT2D eigenvalue weighted by Crippen LogP contribution is 2.32. The van der Waals surface area contributed by atoms with Crippen LogP contribution in [0, 0.1) is 13.8 Å². The summed E-state index contributed by atoms with van der Waals surface area (Å²) in [6.07, 6.45) is -1.28. The van der Waals surface area contributed by atoms with Gasteiger partial charge < -0.3 is 5.11 Å². The molecule has 2 atom stereocenters. The molecule has 0 radical (unpaired) electrons. The van der Waals surface area contributed by atoms with Gasteiger partial charge in [0.25, 0.3) is 10.0 Å². The Hall–Kier alpha value is -1.90. The van der Waals surface area contributed by atoms with Gasteiger partial charge in [0, 0.05) is 0 Å². The van der Waals surface area contributed by atoms with E-state index in [0.717, 1.165) is 9.87 Å². The highest BCUT2D eigenvalue weighted by molar-refractivity contribution is 7.93. The van der Waals surface area contributed by atoms with Crippen LogP contribution in [0.1, 0.15) is 11.1 Å². The first-order valence-corrected chi connectivity index (χ1v) is 11.4. The van der Waals surface area contributed by atoms with E-state index in [1.165, 1.54) is 0 Å². The van der Waals surface area contributed by atoms with Crippen molar-refractivity contribution in [2.45, 2.75) is 30.9 Å². The molecule has 0 bridgehead atoms. The number of aliphatic hydroxyl groups excluding tert-OH is 1. The summed E-state index contributed by atoms with van der Waals surface area (Å²) < 4.78 is 52.0. The summed E-state index contributed by atoms with van der Waals surface area (Å²) in [6.45, 7) is 3.48. The fourth-order valence-electron chi connectivity index (χ4n) is 3.21. The molecule has 1 saturated heterocycles. The Morgan fingerprint density at radius 3 is 2.27 bits per heavy atom. The Balaban J connectivity index is 2.20. The van der Waals surface area contributed by atoms with Crippen LogP contribution in [-0.4, -0.2) is 45.6 Å². The van der Waals surface area contributed by atoms with E-state index >= 15 is 0 Å². The summed E-state index contributed by atoms with van der Waals surface area (Å²) in [5.41, 5.74) is 1.67. The Morgan fingerprint density at radius 1 is 1.04 bits per heavy atom. The summed E-state index contributed by atoms with van der Waals surface area (Å²) >= 11 is 0. The maximum atomic E-state index is 13.5. The SMILES string of the molecule is Cc1ccc(C)c(S(=O)(=O)N(c2ccccc2)[C@H]2CS(=O)(=O)C[C@@H]2O)c1. The van der Waals surface area contributed by atoms with E-state index in [2.05, 4.69) is 0 Å². The van der Waals surface area contributed by atoms with E-state index in [9.17, 15) is 21.9 Å². The van der Waals surface area contributed by atoms with Gasteiger partial charge in [-0.3, -0.25) is 4.31 Å². The summed E-state index contributed by atoms with van der Waals surface area (Å²) in [5.74, 6) is -0.851. The van der Waals surface area contributed by atoms with Crippen molar-refractivity contribution in [1.29, 1.82) is 0 Å². The van der Waals surface area contributed by atoms with Crippen molar-refractivity contribution in [2.75, 3.05) is 15.8 Å². The number of para-hydroxylation sites is 1. The minimum Gasteiger partial charge on any atom is -0.390 e. The van der Waals surface area contributed by atoms with Gasteiger partial charge in [-0.05, 0) is 43.2 Å². The second-order valence-electron chi connectivity index (χ2n) is 6.62. The molecule has 2 aromatic carbocycles. The van der Waals surface area contributed by atoms with Gasteiger partial charge in [0.15, 0.2) is 9.84 Å². The van der Waals surface area contributed by atoms with Crippen LogP contribution in [0.5, 0.6) is 0 Å². The lowest BCUT2D eigenvalue weighted by Gasteiger charge is -2.32. The lowest BCUT2D eigenvalue weighted by atomic mass is 10.2. The van der Waals surface area contributed by atoms with Crippen LogP contribution in [0.3, 0.4) is 0 Å². The van der Waals surface area contributed by atoms with Crippen molar-refractivity contribution in [1.82, 2.24) is 0 Å². The molecule has 26 heavy (non-hydrogen) atoms. The maximum Gasteiger partial charge on any atom is 0.264 e. The van der Waals surface area contributed by atoms with Gasteiger partial charge in [0.2, 0.25) is 0 Å². The normalized spacial score (nSPS) is 22.3. The second-order valence-corrected chi connectivity index (χ2v) is 10.6. The highest BCUT2D eigenvalue weighted by Gasteiger charge is 2.45. The van der Waals surface area contributed by atoms with Crippen molar-refractivity contribution in [3.63, 3.8) is 0 Å². The molecule has 1 heterocycles. The first-order valence-electron chi connectivity index (χ1n) is 8.17. The molecular weight excluding hydrogens is 374 g/mol. The van der Waals surface area contributed by atoms with Gasteiger partial charge in [0.05, 0.1) is 34.2 Å². The minimum absolute atomic E-state index is 0.109. The Labute approximate surface area is 154 Å². The number of anilines is 1. The molecule has 0 aliphatic carbocycles.